The number of aliphatic carboxylic acids is 1. The second-order valence-corrected chi connectivity index (χ2v) is 6.91. The molecule has 1 amide bonds. The maximum absolute atomic E-state index is 11.9. The van der Waals surface area contributed by atoms with Crippen molar-refractivity contribution in [1.82, 2.24) is 4.98 Å². The SMILES string of the molecule is CSc1nc2ccc(NC(=O)CC(C)CC(=O)O)cc2s1. The van der Waals surface area contributed by atoms with E-state index in [0.717, 1.165) is 14.6 Å². The van der Waals surface area contributed by atoms with Gasteiger partial charge in [0.15, 0.2) is 4.34 Å². The van der Waals surface area contributed by atoms with Crippen LogP contribution in [0.2, 0.25) is 0 Å². The van der Waals surface area contributed by atoms with E-state index in [0.29, 0.717) is 5.69 Å². The van der Waals surface area contributed by atoms with Crippen LogP contribution in [0.15, 0.2) is 22.5 Å². The van der Waals surface area contributed by atoms with Gasteiger partial charge in [0.1, 0.15) is 0 Å². The first-order valence-corrected chi connectivity index (χ1v) is 8.48. The predicted octanol–water partition coefficient (Wildman–Crippen LogP) is 3.46. The maximum atomic E-state index is 11.9. The van der Waals surface area contributed by atoms with Crippen LogP contribution in [0.25, 0.3) is 10.2 Å². The van der Waals surface area contributed by atoms with Crippen LogP contribution in [0.5, 0.6) is 0 Å². The van der Waals surface area contributed by atoms with Crippen molar-refractivity contribution in [2.75, 3.05) is 11.6 Å². The normalized spacial score (nSPS) is 12.3. The van der Waals surface area contributed by atoms with Crippen molar-refractivity contribution >= 4 is 50.9 Å². The van der Waals surface area contributed by atoms with Crippen molar-refractivity contribution in [3.8, 4) is 0 Å². The van der Waals surface area contributed by atoms with E-state index in [9.17, 15) is 9.59 Å². The molecule has 0 aliphatic heterocycles. The molecule has 112 valence electrons. The van der Waals surface area contributed by atoms with E-state index < -0.39 is 5.97 Å². The topological polar surface area (TPSA) is 79.3 Å². The molecule has 0 spiro atoms. The number of carboxylic acids is 1. The van der Waals surface area contributed by atoms with Gasteiger partial charge < -0.3 is 10.4 Å². The van der Waals surface area contributed by atoms with Gasteiger partial charge in [-0.25, -0.2) is 4.98 Å². The first-order valence-electron chi connectivity index (χ1n) is 6.44. The van der Waals surface area contributed by atoms with Gasteiger partial charge in [-0.1, -0.05) is 18.7 Å². The van der Waals surface area contributed by atoms with Gasteiger partial charge in [0.2, 0.25) is 5.91 Å². The largest absolute Gasteiger partial charge is 0.481 e. The molecule has 2 rings (SSSR count). The van der Waals surface area contributed by atoms with E-state index >= 15 is 0 Å². The van der Waals surface area contributed by atoms with Crippen molar-refractivity contribution in [1.29, 1.82) is 0 Å². The molecule has 2 aromatic rings. The number of nitrogens with zero attached hydrogens (tertiary/aromatic N) is 1. The Hall–Kier alpha value is -1.60. The number of thiazole rings is 1. The van der Waals surface area contributed by atoms with Gasteiger partial charge in [0, 0.05) is 18.5 Å². The number of thioether (sulfide) groups is 1. The van der Waals surface area contributed by atoms with E-state index in [1.165, 1.54) is 0 Å². The standard InChI is InChI=1S/C14H16N2O3S2/c1-8(6-13(18)19)5-12(17)15-9-3-4-10-11(7-9)21-14(16-10)20-2/h3-4,7-8H,5-6H2,1-2H3,(H,15,17)(H,18,19). The second-order valence-electron chi connectivity index (χ2n) is 4.82. The van der Waals surface area contributed by atoms with Crippen LogP contribution in [0.1, 0.15) is 19.8 Å². The maximum Gasteiger partial charge on any atom is 0.303 e. The third-order valence-electron chi connectivity index (χ3n) is 2.88. The van der Waals surface area contributed by atoms with Crippen LogP contribution in [0.3, 0.4) is 0 Å². The summed E-state index contributed by atoms with van der Waals surface area (Å²) in [7, 11) is 0. The fourth-order valence-corrected chi connectivity index (χ4v) is 3.50. The molecule has 1 aromatic heterocycles. The van der Waals surface area contributed by atoms with Crippen LogP contribution < -0.4 is 5.32 Å². The van der Waals surface area contributed by atoms with E-state index in [-0.39, 0.29) is 24.7 Å². The minimum atomic E-state index is -0.883. The Morgan fingerprint density at radius 3 is 2.86 bits per heavy atom. The number of nitrogens with one attached hydrogen (secondary N) is 1. The minimum Gasteiger partial charge on any atom is -0.481 e. The first-order chi connectivity index (χ1) is 9.97. The van der Waals surface area contributed by atoms with Crippen molar-refractivity contribution < 1.29 is 14.7 Å². The van der Waals surface area contributed by atoms with Gasteiger partial charge in [-0.3, -0.25) is 9.59 Å². The van der Waals surface area contributed by atoms with Gasteiger partial charge in [-0.15, -0.1) is 11.3 Å². The highest BCUT2D eigenvalue weighted by molar-refractivity contribution is 8.00. The minimum absolute atomic E-state index is 0.00160. The highest BCUT2D eigenvalue weighted by Crippen LogP contribution is 2.30. The number of amides is 1. The van der Waals surface area contributed by atoms with Gasteiger partial charge >= 0.3 is 5.97 Å². The zero-order valence-corrected chi connectivity index (χ0v) is 13.4. The molecule has 2 N–H and O–H groups in total. The monoisotopic (exact) mass is 324 g/mol. The molecule has 5 nitrogen and oxygen atoms in total. The fourth-order valence-electron chi connectivity index (χ4n) is 1.97. The number of carbonyl (C=O) groups is 2. The second kappa shape index (κ2) is 6.91. The average molecular weight is 324 g/mol. The number of aromatic nitrogens is 1. The summed E-state index contributed by atoms with van der Waals surface area (Å²) in [5.41, 5.74) is 1.63. The molecule has 0 aliphatic rings. The zero-order valence-electron chi connectivity index (χ0n) is 11.8. The molecule has 0 saturated carbocycles. The summed E-state index contributed by atoms with van der Waals surface area (Å²) < 4.78 is 2.01. The number of rotatable bonds is 6. The van der Waals surface area contributed by atoms with Crippen LogP contribution in [-0.4, -0.2) is 28.2 Å². The zero-order chi connectivity index (χ0) is 15.4. The molecule has 21 heavy (non-hydrogen) atoms. The molecule has 0 radical (unpaired) electrons. The lowest BCUT2D eigenvalue weighted by molar-refractivity contribution is -0.138. The number of benzene rings is 1. The Morgan fingerprint density at radius 2 is 2.19 bits per heavy atom. The number of anilines is 1. The third-order valence-corrected chi connectivity index (χ3v) is 4.89. The molecule has 1 atom stereocenters. The van der Waals surface area contributed by atoms with E-state index in [1.807, 2.05) is 24.5 Å². The van der Waals surface area contributed by atoms with Gasteiger partial charge in [0.05, 0.1) is 10.2 Å². The van der Waals surface area contributed by atoms with Crippen molar-refractivity contribution in [3.63, 3.8) is 0 Å². The molecule has 1 heterocycles. The summed E-state index contributed by atoms with van der Waals surface area (Å²) in [6, 6.07) is 5.58. The van der Waals surface area contributed by atoms with Gasteiger partial charge in [0.25, 0.3) is 0 Å². The average Bonchev–Trinajstić information content (AvgIpc) is 2.79. The summed E-state index contributed by atoms with van der Waals surface area (Å²) >= 11 is 3.18. The van der Waals surface area contributed by atoms with Crippen LogP contribution in [0, 0.1) is 5.92 Å². The number of fused-ring (bicyclic) bond motifs is 1. The lowest BCUT2D eigenvalue weighted by atomic mass is 10.0. The molecule has 0 aliphatic carbocycles. The lowest BCUT2D eigenvalue weighted by Gasteiger charge is -2.09. The van der Waals surface area contributed by atoms with E-state index in [2.05, 4.69) is 10.3 Å². The molecule has 1 unspecified atom stereocenters. The molecule has 1 aromatic carbocycles. The van der Waals surface area contributed by atoms with E-state index in [1.54, 1.807) is 30.0 Å². The van der Waals surface area contributed by atoms with Crippen molar-refractivity contribution in [3.05, 3.63) is 18.2 Å². The van der Waals surface area contributed by atoms with Gasteiger partial charge in [-0.2, -0.15) is 0 Å². The third kappa shape index (κ3) is 4.44. The summed E-state index contributed by atoms with van der Waals surface area (Å²) in [6.07, 6.45) is 2.17. The number of hydrogen-bond acceptors (Lipinski definition) is 5. The molecular formula is C14H16N2O3S2. The highest BCUT2D eigenvalue weighted by atomic mass is 32.2. The Morgan fingerprint density at radius 1 is 1.43 bits per heavy atom. The first kappa shape index (κ1) is 15.8. The Labute approximate surface area is 130 Å². The number of carboxylic acid groups (broad SMARTS) is 1. The Balaban J connectivity index is 2.02. The highest BCUT2D eigenvalue weighted by Gasteiger charge is 2.13. The van der Waals surface area contributed by atoms with Crippen LogP contribution in [-0.2, 0) is 9.59 Å². The predicted molar refractivity (Wildman–Crippen MR) is 86.1 cm³/mol. The van der Waals surface area contributed by atoms with E-state index in [4.69, 9.17) is 5.11 Å². The molecule has 0 bridgehead atoms. The van der Waals surface area contributed by atoms with Crippen molar-refractivity contribution in [2.45, 2.75) is 24.1 Å². The number of carbonyl (C=O) groups excluding carboxylic acids is 1. The molecule has 0 fully saturated rings. The smallest absolute Gasteiger partial charge is 0.303 e. The molecular weight excluding hydrogens is 308 g/mol. The molecule has 0 saturated heterocycles. The number of hydrogen-bond donors (Lipinski definition) is 2. The lowest BCUT2D eigenvalue weighted by Crippen LogP contribution is -2.16. The van der Waals surface area contributed by atoms with Crippen molar-refractivity contribution in [2.24, 2.45) is 5.92 Å². The summed E-state index contributed by atoms with van der Waals surface area (Å²) in [5, 5.41) is 11.5. The summed E-state index contributed by atoms with van der Waals surface area (Å²) in [6.45, 7) is 1.75. The summed E-state index contributed by atoms with van der Waals surface area (Å²) in [4.78, 5) is 26.9. The fraction of sp³-hybridized carbons (Fsp3) is 0.357. The Bertz CT molecular complexity index is 669. The summed E-state index contributed by atoms with van der Waals surface area (Å²) in [5.74, 6) is -1.23. The van der Waals surface area contributed by atoms with Crippen LogP contribution >= 0.6 is 23.1 Å². The van der Waals surface area contributed by atoms with Gasteiger partial charge in [-0.05, 0) is 30.4 Å². The molecule has 7 heteroatoms. The Kier molecular flexibility index (Phi) is 5.19. The van der Waals surface area contributed by atoms with Crippen LogP contribution in [0.4, 0.5) is 5.69 Å². The quantitative estimate of drug-likeness (QED) is 0.796.